The van der Waals surface area contributed by atoms with E-state index in [1.807, 2.05) is 12.1 Å². The Kier molecular flexibility index (Phi) is 3.01. The van der Waals surface area contributed by atoms with Gasteiger partial charge in [0.1, 0.15) is 0 Å². The van der Waals surface area contributed by atoms with Crippen molar-refractivity contribution in [1.29, 1.82) is 0 Å². The fraction of sp³-hybridized carbons (Fsp3) is 0.0714. The molecule has 2 aromatic heterocycles. The molecule has 0 saturated heterocycles. The van der Waals surface area contributed by atoms with Gasteiger partial charge < -0.3 is 0 Å². The number of hydrogen-bond acceptors (Lipinski definition) is 3. The van der Waals surface area contributed by atoms with Crippen LogP contribution in [-0.2, 0) is 6.42 Å². The Balaban J connectivity index is 1.92. The fourth-order valence-corrected chi connectivity index (χ4v) is 2.19. The van der Waals surface area contributed by atoms with E-state index < -0.39 is 0 Å². The van der Waals surface area contributed by atoms with Crippen molar-refractivity contribution in [3.8, 4) is 0 Å². The lowest BCUT2D eigenvalue weighted by Crippen LogP contribution is -2.03. The highest BCUT2D eigenvalue weighted by molar-refractivity contribution is 6.30. The molecule has 2 heterocycles. The Bertz CT molecular complexity index is 751. The van der Waals surface area contributed by atoms with Gasteiger partial charge in [0, 0.05) is 23.8 Å². The summed E-state index contributed by atoms with van der Waals surface area (Å²) in [5.41, 5.74) is 2.18. The maximum absolute atomic E-state index is 12.3. The van der Waals surface area contributed by atoms with Crippen LogP contribution in [0.4, 0.5) is 0 Å². The number of fused-ring (bicyclic) bond motifs is 1. The molecule has 4 nitrogen and oxygen atoms in total. The van der Waals surface area contributed by atoms with Gasteiger partial charge in [0.05, 0.1) is 23.5 Å². The van der Waals surface area contributed by atoms with E-state index in [4.69, 9.17) is 11.6 Å². The highest BCUT2D eigenvalue weighted by Gasteiger charge is 2.13. The van der Waals surface area contributed by atoms with E-state index in [1.54, 1.807) is 41.4 Å². The topological polar surface area (TPSA) is 47.3 Å². The molecule has 3 rings (SSSR count). The van der Waals surface area contributed by atoms with Gasteiger partial charge in [-0.25, -0.2) is 4.52 Å². The molecule has 0 N–H and O–H groups in total. The van der Waals surface area contributed by atoms with Crippen molar-refractivity contribution in [2.75, 3.05) is 0 Å². The zero-order valence-electron chi connectivity index (χ0n) is 9.95. The lowest BCUT2D eigenvalue weighted by atomic mass is 10.0. The Morgan fingerprint density at radius 2 is 2.21 bits per heavy atom. The molecule has 3 aromatic rings. The zero-order valence-corrected chi connectivity index (χ0v) is 10.7. The molecule has 0 saturated carbocycles. The summed E-state index contributed by atoms with van der Waals surface area (Å²) >= 11 is 5.91. The zero-order chi connectivity index (χ0) is 13.2. The monoisotopic (exact) mass is 271 g/mol. The number of carbonyl (C=O) groups excluding carboxylic acids is 1. The first-order valence-corrected chi connectivity index (χ1v) is 6.17. The molecule has 0 spiro atoms. The summed E-state index contributed by atoms with van der Waals surface area (Å²) in [6.07, 6.45) is 6.86. The first-order valence-electron chi connectivity index (χ1n) is 5.79. The van der Waals surface area contributed by atoms with Crippen molar-refractivity contribution >= 4 is 22.9 Å². The number of nitrogens with zero attached hydrogens (tertiary/aromatic N) is 3. The van der Waals surface area contributed by atoms with Crippen molar-refractivity contribution in [1.82, 2.24) is 14.6 Å². The van der Waals surface area contributed by atoms with E-state index in [2.05, 4.69) is 10.1 Å². The summed E-state index contributed by atoms with van der Waals surface area (Å²) in [7, 11) is 0. The Morgan fingerprint density at radius 1 is 1.32 bits per heavy atom. The number of carbonyl (C=O) groups is 1. The van der Waals surface area contributed by atoms with Crippen LogP contribution in [0.1, 0.15) is 15.9 Å². The van der Waals surface area contributed by atoms with Crippen molar-refractivity contribution in [3.63, 3.8) is 0 Å². The summed E-state index contributed by atoms with van der Waals surface area (Å²) in [6, 6.07) is 7.30. The first-order chi connectivity index (χ1) is 9.24. The van der Waals surface area contributed by atoms with Crippen LogP contribution < -0.4 is 0 Å². The van der Waals surface area contributed by atoms with Gasteiger partial charge in [0.2, 0.25) is 0 Å². The van der Waals surface area contributed by atoms with E-state index >= 15 is 0 Å². The van der Waals surface area contributed by atoms with Crippen LogP contribution in [0, 0.1) is 0 Å². The predicted octanol–water partition coefficient (Wildman–Crippen LogP) is 2.81. The Labute approximate surface area is 114 Å². The molecule has 0 fully saturated rings. The minimum absolute atomic E-state index is 0.00488. The molecule has 0 aliphatic carbocycles. The smallest absolute Gasteiger partial charge is 0.171 e. The Hall–Kier alpha value is -2.20. The highest BCUT2D eigenvalue weighted by Crippen LogP contribution is 2.15. The molecule has 0 radical (unpaired) electrons. The van der Waals surface area contributed by atoms with E-state index in [1.165, 1.54) is 0 Å². The minimum Gasteiger partial charge on any atom is -0.294 e. The van der Waals surface area contributed by atoms with E-state index in [9.17, 15) is 4.79 Å². The van der Waals surface area contributed by atoms with Gasteiger partial charge in [-0.3, -0.25) is 9.78 Å². The Morgan fingerprint density at radius 3 is 3.05 bits per heavy atom. The molecule has 5 heteroatoms. The molecular weight excluding hydrogens is 262 g/mol. The van der Waals surface area contributed by atoms with Gasteiger partial charge in [-0.2, -0.15) is 5.10 Å². The third-order valence-corrected chi connectivity index (χ3v) is 3.11. The van der Waals surface area contributed by atoms with Crippen LogP contribution in [0.25, 0.3) is 5.52 Å². The second kappa shape index (κ2) is 4.82. The molecule has 0 atom stereocenters. The predicted molar refractivity (Wildman–Crippen MR) is 72.5 cm³/mol. The third kappa shape index (κ3) is 2.35. The van der Waals surface area contributed by atoms with Crippen LogP contribution in [-0.4, -0.2) is 20.4 Å². The molecule has 0 aliphatic rings. The number of Topliss-reactive ketones (excluding diaryl/α,β-unsaturated/α-hetero) is 1. The number of halogens is 1. The molecule has 0 amide bonds. The summed E-state index contributed by atoms with van der Waals surface area (Å²) < 4.78 is 1.64. The molecular formula is C14H10ClN3O. The second-order valence-corrected chi connectivity index (χ2v) is 4.63. The molecule has 0 bridgehead atoms. The quantitative estimate of drug-likeness (QED) is 0.688. The lowest BCUT2D eigenvalue weighted by Gasteiger charge is -2.00. The summed E-state index contributed by atoms with van der Waals surface area (Å²) in [5.74, 6) is 0.00488. The van der Waals surface area contributed by atoms with Crippen molar-refractivity contribution in [2.24, 2.45) is 0 Å². The largest absolute Gasteiger partial charge is 0.294 e. The van der Waals surface area contributed by atoms with Gasteiger partial charge in [-0.05, 0) is 17.7 Å². The van der Waals surface area contributed by atoms with Gasteiger partial charge in [-0.1, -0.05) is 23.7 Å². The first kappa shape index (κ1) is 11.9. The average Bonchev–Trinajstić information content (AvgIpc) is 2.82. The van der Waals surface area contributed by atoms with Crippen LogP contribution in [0.15, 0.2) is 49.1 Å². The average molecular weight is 272 g/mol. The molecule has 19 heavy (non-hydrogen) atoms. The van der Waals surface area contributed by atoms with Crippen LogP contribution in [0.3, 0.4) is 0 Å². The lowest BCUT2D eigenvalue weighted by molar-refractivity contribution is 0.0994. The van der Waals surface area contributed by atoms with Crippen LogP contribution in [0.2, 0.25) is 5.02 Å². The molecule has 94 valence electrons. The van der Waals surface area contributed by atoms with E-state index in [0.29, 0.717) is 17.0 Å². The summed E-state index contributed by atoms with van der Waals surface area (Å²) in [4.78, 5) is 16.3. The SMILES string of the molecule is O=C(Cc1cccc(Cl)c1)c1cnn2ccncc12. The van der Waals surface area contributed by atoms with E-state index in [0.717, 1.165) is 11.1 Å². The number of hydrogen-bond donors (Lipinski definition) is 0. The van der Waals surface area contributed by atoms with Crippen LogP contribution in [0.5, 0.6) is 0 Å². The number of ketones is 1. The standard InChI is InChI=1S/C14H10ClN3O/c15-11-3-1-2-10(6-11)7-14(19)12-8-17-18-5-4-16-9-13(12)18/h1-6,8-9H,7H2. The maximum atomic E-state index is 12.3. The number of benzene rings is 1. The van der Waals surface area contributed by atoms with Gasteiger partial charge >= 0.3 is 0 Å². The molecule has 1 aromatic carbocycles. The highest BCUT2D eigenvalue weighted by atomic mass is 35.5. The summed E-state index contributed by atoms with van der Waals surface area (Å²) in [5, 5.41) is 4.76. The van der Waals surface area contributed by atoms with Gasteiger partial charge in [0.15, 0.2) is 5.78 Å². The van der Waals surface area contributed by atoms with Crippen LogP contribution >= 0.6 is 11.6 Å². The third-order valence-electron chi connectivity index (χ3n) is 2.88. The second-order valence-electron chi connectivity index (χ2n) is 4.19. The van der Waals surface area contributed by atoms with Crippen molar-refractivity contribution in [3.05, 3.63) is 65.2 Å². The van der Waals surface area contributed by atoms with Crippen molar-refractivity contribution in [2.45, 2.75) is 6.42 Å². The van der Waals surface area contributed by atoms with Crippen molar-refractivity contribution < 1.29 is 4.79 Å². The summed E-state index contributed by atoms with van der Waals surface area (Å²) in [6.45, 7) is 0. The number of rotatable bonds is 3. The normalized spacial score (nSPS) is 10.8. The maximum Gasteiger partial charge on any atom is 0.171 e. The fourth-order valence-electron chi connectivity index (χ4n) is 1.98. The number of aromatic nitrogens is 3. The van der Waals surface area contributed by atoms with Gasteiger partial charge in [-0.15, -0.1) is 0 Å². The van der Waals surface area contributed by atoms with E-state index in [-0.39, 0.29) is 5.78 Å². The minimum atomic E-state index is 0.00488. The molecule has 0 aliphatic heterocycles. The van der Waals surface area contributed by atoms with Gasteiger partial charge in [0.25, 0.3) is 0 Å². The molecule has 0 unspecified atom stereocenters.